The first-order chi connectivity index (χ1) is 16.1. The predicted molar refractivity (Wildman–Crippen MR) is 121 cm³/mol. The van der Waals surface area contributed by atoms with Gasteiger partial charge in [-0.15, -0.1) is 5.10 Å². The van der Waals surface area contributed by atoms with Crippen molar-refractivity contribution in [3.8, 4) is 5.69 Å². The van der Waals surface area contributed by atoms with Crippen molar-refractivity contribution in [1.29, 1.82) is 0 Å². The number of fused-ring (bicyclic) bond motifs is 1. The second-order valence-electron chi connectivity index (χ2n) is 7.69. The Labute approximate surface area is 189 Å². The van der Waals surface area contributed by atoms with Gasteiger partial charge in [0.2, 0.25) is 5.89 Å². The zero-order chi connectivity index (χ0) is 22.8. The Morgan fingerprint density at radius 2 is 1.91 bits per heavy atom. The number of benzene rings is 2. The Bertz CT molecular complexity index is 1420. The van der Waals surface area contributed by atoms with Crippen LogP contribution in [0.5, 0.6) is 0 Å². The third kappa shape index (κ3) is 4.08. The van der Waals surface area contributed by atoms with Crippen LogP contribution in [0, 0.1) is 6.92 Å². The molecule has 0 bridgehead atoms. The fraction of sp³-hybridized carbons (Fsp3) is 0.167. The van der Waals surface area contributed by atoms with Crippen LogP contribution in [-0.2, 0) is 6.42 Å². The molecule has 0 fully saturated rings. The van der Waals surface area contributed by atoms with Crippen molar-refractivity contribution in [3.05, 3.63) is 95.5 Å². The maximum absolute atomic E-state index is 12.9. The second kappa shape index (κ2) is 8.62. The van der Waals surface area contributed by atoms with Crippen molar-refractivity contribution in [2.24, 2.45) is 0 Å². The van der Waals surface area contributed by atoms with Crippen molar-refractivity contribution in [3.63, 3.8) is 0 Å². The molecule has 0 aliphatic carbocycles. The Balaban J connectivity index is 1.33. The third-order valence-corrected chi connectivity index (χ3v) is 5.37. The molecule has 0 spiro atoms. The lowest BCUT2D eigenvalue weighted by Crippen LogP contribution is -2.28. The number of carbonyl (C=O) groups is 1. The predicted octanol–water partition coefficient (Wildman–Crippen LogP) is 3.59. The van der Waals surface area contributed by atoms with Gasteiger partial charge in [0, 0.05) is 11.6 Å². The van der Waals surface area contributed by atoms with Crippen molar-refractivity contribution in [2.75, 3.05) is 0 Å². The van der Waals surface area contributed by atoms with E-state index in [0.29, 0.717) is 23.8 Å². The van der Waals surface area contributed by atoms with Crippen molar-refractivity contribution >= 4 is 16.8 Å². The summed E-state index contributed by atoms with van der Waals surface area (Å²) in [7, 11) is 0. The molecule has 164 valence electrons. The Hall–Kier alpha value is -4.40. The van der Waals surface area contributed by atoms with Gasteiger partial charge in [-0.3, -0.25) is 9.78 Å². The minimum Gasteiger partial charge on any atom is -0.341 e. The minimum absolute atomic E-state index is 0.225. The summed E-state index contributed by atoms with van der Waals surface area (Å²) < 4.78 is 6.98. The molecular formula is C24H21N7O2. The molecule has 5 rings (SSSR count). The highest BCUT2D eigenvalue weighted by Crippen LogP contribution is 2.21. The van der Waals surface area contributed by atoms with Gasteiger partial charge in [0.15, 0.2) is 11.5 Å². The fourth-order valence-electron chi connectivity index (χ4n) is 3.64. The maximum Gasteiger partial charge on any atom is 0.274 e. The molecular weight excluding hydrogens is 418 g/mol. The zero-order valence-electron chi connectivity index (χ0n) is 18.1. The highest BCUT2D eigenvalue weighted by atomic mass is 16.5. The van der Waals surface area contributed by atoms with Gasteiger partial charge in [-0.25, -0.2) is 4.68 Å². The van der Waals surface area contributed by atoms with Crippen LogP contribution in [-0.4, -0.2) is 36.0 Å². The van der Waals surface area contributed by atoms with Crippen LogP contribution in [0.1, 0.15) is 46.4 Å². The SMILES string of the molecule is Cc1c(C(=O)N[C@H](C)c2noc(Cc3ccccc3)n2)nnn1-c1cccc2cccnc12. The summed E-state index contributed by atoms with van der Waals surface area (Å²) in [6, 6.07) is 19.0. The molecule has 0 aliphatic rings. The molecule has 0 saturated carbocycles. The van der Waals surface area contributed by atoms with Crippen molar-refractivity contribution < 1.29 is 9.32 Å². The Morgan fingerprint density at radius 1 is 1.09 bits per heavy atom. The molecule has 0 saturated heterocycles. The quantitative estimate of drug-likeness (QED) is 0.430. The third-order valence-electron chi connectivity index (χ3n) is 5.37. The van der Waals surface area contributed by atoms with E-state index >= 15 is 0 Å². The number of aromatic nitrogens is 6. The molecule has 3 aromatic heterocycles. The van der Waals surface area contributed by atoms with Crippen LogP contribution in [0.4, 0.5) is 0 Å². The summed E-state index contributed by atoms with van der Waals surface area (Å²) in [5.41, 5.74) is 3.44. The van der Waals surface area contributed by atoms with E-state index in [1.54, 1.807) is 24.7 Å². The average molecular weight is 439 g/mol. The van der Waals surface area contributed by atoms with Gasteiger partial charge in [-0.1, -0.05) is 58.9 Å². The number of hydrogen-bond acceptors (Lipinski definition) is 7. The lowest BCUT2D eigenvalue weighted by molar-refractivity contribution is 0.0932. The molecule has 2 aromatic carbocycles. The molecule has 0 aliphatic heterocycles. The van der Waals surface area contributed by atoms with Gasteiger partial charge in [0.05, 0.1) is 29.4 Å². The highest BCUT2D eigenvalue weighted by molar-refractivity contribution is 5.94. The maximum atomic E-state index is 12.9. The van der Waals surface area contributed by atoms with Gasteiger partial charge in [-0.05, 0) is 31.5 Å². The van der Waals surface area contributed by atoms with E-state index in [1.807, 2.05) is 60.7 Å². The van der Waals surface area contributed by atoms with E-state index in [9.17, 15) is 4.79 Å². The van der Waals surface area contributed by atoms with Crippen molar-refractivity contribution in [1.82, 2.24) is 35.4 Å². The van der Waals surface area contributed by atoms with Crippen LogP contribution in [0.25, 0.3) is 16.6 Å². The molecule has 1 N–H and O–H groups in total. The van der Waals surface area contributed by atoms with Crippen LogP contribution in [0.3, 0.4) is 0 Å². The highest BCUT2D eigenvalue weighted by Gasteiger charge is 2.22. The van der Waals surface area contributed by atoms with Crippen LogP contribution >= 0.6 is 0 Å². The first-order valence-corrected chi connectivity index (χ1v) is 10.5. The van der Waals surface area contributed by atoms with Gasteiger partial charge in [0.1, 0.15) is 0 Å². The number of amides is 1. The molecule has 9 nitrogen and oxygen atoms in total. The van der Waals surface area contributed by atoms with Crippen LogP contribution in [0.15, 0.2) is 71.4 Å². The van der Waals surface area contributed by atoms with E-state index in [2.05, 4.69) is 30.8 Å². The number of rotatable bonds is 6. The first kappa shape index (κ1) is 20.5. The number of nitrogens with zero attached hydrogens (tertiary/aromatic N) is 6. The number of para-hydroxylation sites is 1. The molecule has 0 radical (unpaired) electrons. The largest absolute Gasteiger partial charge is 0.341 e. The average Bonchev–Trinajstić information content (AvgIpc) is 3.46. The molecule has 33 heavy (non-hydrogen) atoms. The van der Waals surface area contributed by atoms with Crippen molar-refractivity contribution in [2.45, 2.75) is 26.3 Å². The summed E-state index contributed by atoms with van der Waals surface area (Å²) in [4.78, 5) is 21.8. The van der Waals surface area contributed by atoms with Gasteiger partial charge < -0.3 is 9.84 Å². The van der Waals surface area contributed by atoms with E-state index in [-0.39, 0.29) is 11.6 Å². The summed E-state index contributed by atoms with van der Waals surface area (Å²) in [5.74, 6) is 0.523. The lowest BCUT2D eigenvalue weighted by atomic mass is 10.1. The number of carbonyl (C=O) groups excluding carboxylic acids is 1. The van der Waals surface area contributed by atoms with Crippen LogP contribution < -0.4 is 5.32 Å². The monoisotopic (exact) mass is 439 g/mol. The van der Waals surface area contributed by atoms with Gasteiger partial charge in [0.25, 0.3) is 5.91 Å². The summed E-state index contributed by atoms with van der Waals surface area (Å²) in [6.07, 6.45) is 2.26. The molecule has 3 heterocycles. The topological polar surface area (TPSA) is 112 Å². The first-order valence-electron chi connectivity index (χ1n) is 10.5. The van der Waals surface area contributed by atoms with E-state index in [1.165, 1.54) is 0 Å². The number of hydrogen-bond donors (Lipinski definition) is 1. The smallest absolute Gasteiger partial charge is 0.274 e. The lowest BCUT2D eigenvalue weighted by Gasteiger charge is -2.09. The number of pyridine rings is 1. The van der Waals surface area contributed by atoms with Crippen LogP contribution in [0.2, 0.25) is 0 Å². The molecule has 5 aromatic rings. The molecule has 0 unspecified atom stereocenters. The number of nitrogens with one attached hydrogen (secondary N) is 1. The summed E-state index contributed by atoms with van der Waals surface area (Å²) >= 11 is 0. The second-order valence-corrected chi connectivity index (χ2v) is 7.69. The molecule has 1 atom stereocenters. The normalized spacial score (nSPS) is 12.1. The standard InChI is InChI=1S/C24H21N7O2/c1-15(23-27-20(33-29-23)14-17-8-4-3-5-9-17)26-24(32)21-16(2)31(30-28-21)19-12-6-10-18-11-7-13-25-22(18)19/h3-13,15H,14H2,1-2H3,(H,26,32)/t15-/m1/s1. The molecule has 9 heteroatoms. The molecule has 1 amide bonds. The Morgan fingerprint density at radius 3 is 2.76 bits per heavy atom. The van der Waals surface area contributed by atoms with E-state index < -0.39 is 6.04 Å². The van der Waals surface area contributed by atoms with E-state index in [0.717, 1.165) is 22.2 Å². The van der Waals surface area contributed by atoms with Gasteiger partial charge in [-0.2, -0.15) is 4.98 Å². The summed E-state index contributed by atoms with van der Waals surface area (Å²) in [6.45, 7) is 3.59. The van der Waals surface area contributed by atoms with E-state index in [4.69, 9.17) is 4.52 Å². The summed E-state index contributed by atoms with van der Waals surface area (Å²) in [5, 5.41) is 16.2. The zero-order valence-corrected chi connectivity index (χ0v) is 18.1. The van der Waals surface area contributed by atoms with Gasteiger partial charge >= 0.3 is 0 Å². The Kier molecular flexibility index (Phi) is 5.35. The minimum atomic E-state index is -0.463. The fourth-order valence-corrected chi connectivity index (χ4v) is 3.64.